The summed E-state index contributed by atoms with van der Waals surface area (Å²) < 4.78 is 31.1. The van der Waals surface area contributed by atoms with Crippen LogP contribution in [0, 0.1) is 19.8 Å². The van der Waals surface area contributed by atoms with Gasteiger partial charge in [0.15, 0.2) is 6.79 Å². The van der Waals surface area contributed by atoms with E-state index < -0.39 is 27.4 Å². The first kappa shape index (κ1) is 23.5. The lowest BCUT2D eigenvalue weighted by atomic mass is 10.1. The Morgan fingerprint density at radius 3 is 2.22 bits per heavy atom. The summed E-state index contributed by atoms with van der Waals surface area (Å²) in [5.74, 6) is -0.795. The highest BCUT2D eigenvalue weighted by Gasteiger charge is 2.39. The Labute approximate surface area is 161 Å². The normalized spacial score (nSPS) is 13.4. The Morgan fingerprint density at radius 2 is 1.74 bits per heavy atom. The van der Waals surface area contributed by atoms with E-state index >= 15 is 0 Å². The van der Waals surface area contributed by atoms with Crippen molar-refractivity contribution < 1.29 is 27.9 Å². The lowest BCUT2D eigenvalue weighted by molar-refractivity contribution is -0.190. The van der Waals surface area contributed by atoms with E-state index in [2.05, 4.69) is 5.32 Å². The van der Waals surface area contributed by atoms with Crippen molar-refractivity contribution in [1.82, 2.24) is 4.47 Å². The Morgan fingerprint density at radius 1 is 1.19 bits per heavy atom. The first-order valence-corrected chi connectivity index (χ1v) is 10.3. The van der Waals surface area contributed by atoms with E-state index in [-0.39, 0.29) is 12.7 Å². The van der Waals surface area contributed by atoms with Gasteiger partial charge in [0.05, 0.1) is 6.61 Å². The van der Waals surface area contributed by atoms with Gasteiger partial charge in [0.2, 0.25) is 0 Å². The molecule has 2 N–H and O–H groups in total. The van der Waals surface area contributed by atoms with Gasteiger partial charge in [-0.2, -0.15) is 0 Å². The van der Waals surface area contributed by atoms with Gasteiger partial charge in [-0.25, -0.2) is 8.42 Å². The molecule has 8 nitrogen and oxygen atoms in total. The number of nitrogens with one attached hydrogen (secondary N) is 1. The average molecular weight is 403 g/mol. The smallest absolute Gasteiger partial charge is 0.272 e. The number of aryl methyl sites for hydroxylation is 2. The molecule has 9 heteroatoms. The number of ether oxygens (including phenoxy) is 1. The van der Waals surface area contributed by atoms with E-state index in [0.29, 0.717) is 16.8 Å². The number of hydrogen-bond donors (Lipinski definition) is 2. The molecule has 1 unspecified atom stereocenters. The number of anilines is 1. The van der Waals surface area contributed by atoms with Crippen molar-refractivity contribution in [1.29, 1.82) is 0 Å². The van der Waals surface area contributed by atoms with Gasteiger partial charge in [-0.3, -0.25) is 9.63 Å². The molecule has 1 aromatic rings. The highest BCUT2D eigenvalue weighted by Crippen LogP contribution is 2.21. The monoisotopic (exact) mass is 402 g/mol. The molecule has 154 valence electrons. The minimum absolute atomic E-state index is 0.256. The van der Waals surface area contributed by atoms with Gasteiger partial charge < -0.3 is 15.2 Å². The van der Waals surface area contributed by atoms with Crippen molar-refractivity contribution in [3.05, 3.63) is 29.3 Å². The molecular weight excluding hydrogens is 372 g/mol. The second-order valence-corrected chi connectivity index (χ2v) is 8.85. The summed E-state index contributed by atoms with van der Waals surface area (Å²) in [6, 6.07) is 4.73. The number of benzene rings is 1. The summed E-state index contributed by atoms with van der Waals surface area (Å²) in [5.41, 5.74) is -0.336. The molecule has 0 aliphatic carbocycles. The second-order valence-electron chi connectivity index (χ2n) is 7.01. The standard InChI is InChI=1S/C18H30N2O6S/c1-12(2)10-25-11-26-20(13(3)4)27(23,24)18(22)17(21)19-16-14(5)8-7-9-15(16)6/h7-9,12-13,18,22H,10-11H2,1-6H3,(H,19,21). The van der Waals surface area contributed by atoms with Crippen molar-refractivity contribution in [3.63, 3.8) is 0 Å². The van der Waals surface area contributed by atoms with E-state index in [1.165, 1.54) is 0 Å². The fourth-order valence-electron chi connectivity index (χ4n) is 2.32. The van der Waals surface area contributed by atoms with Crippen LogP contribution in [0.15, 0.2) is 18.2 Å². The van der Waals surface area contributed by atoms with E-state index in [1.54, 1.807) is 39.8 Å². The van der Waals surface area contributed by atoms with Gasteiger partial charge in [0.25, 0.3) is 21.4 Å². The summed E-state index contributed by atoms with van der Waals surface area (Å²) in [6.07, 6.45) is 0. The van der Waals surface area contributed by atoms with Gasteiger partial charge in [0.1, 0.15) is 0 Å². The number of hydrogen-bond acceptors (Lipinski definition) is 6. The number of aliphatic hydroxyl groups is 1. The Hall–Kier alpha value is -1.52. The van der Waals surface area contributed by atoms with Crippen LogP contribution in [0.4, 0.5) is 5.69 Å². The summed E-state index contributed by atoms with van der Waals surface area (Å²) in [7, 11) is -4.47. The van der Waals surface area contributed by atoms with Crippen molar-refractivity contribution in [2.75, 3.05) is 18.7 Å². The third-order valence-electron chi connectivity index (χ3n) is 3.62. The molecule has 0 aliphatic heterocycles. The number of aliphatic hydroxyl groups excluding tert-OH is 1. The van der Waals surface area contributed by atoms with Crippen LogP contribution >= 0.6 is 0 Å². The fraction of sp³-hybridized carbons (Fsp3) is 0.611. The van der Waals surface area contributed by atoms with Gasteiger partial charge in [-0.15, -0.1) is 0 Å². The number of para-hydroxylation sites is 1. The quantitative estimate of drug-likeness (QED) is 0.353. The van der Waals surface area contributed by atoms with E-state index in [1.807, 2.05) is 19.9 Å². The molecule has 0 aromatic heterocycles. The third kappa shape index (κ3) is 6.54. The van der Waals surface area contributed by atoms with Crippen molar-refractivity contribution >= 4 is 21.6 Å². The molecule has 1 amide bonds. The molecule has 0 radical (unpaired) electrons. The highest BCUT2D eigenvalue weighted by molar-refractivity contribution is 7.90. The molecule has 0 fully saturated rings. The summed E-state index contributed by atoms with van der Waals surface area (Å²) >= 11 is 0. The molecule has 1 atom stereocenters. The van der Waals surface area contributed by atoms with Crippen LogP contribution in [0.1, 0.15) is 38.8 Å². The predicted molar refractivity (Wildman–Crippen MR) is 103 cm³/mol. The summed E-state index contributed by atoms with van der Waals surface area (Å²) in [4.78, 5) is 17.5. The molecule has 1 rings (SSSR count). The van der Waals surface area contributed by atoms with Crippen LogP contribution in [0.3, 0.4) is 0 Å². The first-order chi connectivity index (χ1) is 12.5. The van der Waals surface area contributed by atoms with Crippen LogP contribution in [0.25, 0.3) is 0 Å². The minimum atomic E-state index is -4.47. The molecule has 0 aliphatic rings. The molecule has 0 saturated heterocycles. The van der Waals surface area contributed by atoms with E-state index in [0.717, 1.165) is 11.1 Å². The molecule has 27 heavy (non-hydrogen) atoms. The predicted octanol–water partition coefficient (Wildman–Crippen LogP) is 2.16. The van der Waals surface area contributed by atoms with Gasteiger partial charge in [-0.1, -0.05) is 36.5 Å². The topological polar surface area (TPSA) is 105 Å². The zero-order valence-electron chi connectivity index (χ0n) is 16.7. The fourth-order valence-corrected chi connectivity index (χ4v) is 3.62. The molecular formula is C18H30N2O6S. The molecule has 0 spiro atoms. The van der Waals surface area contributed by atoms with E-state index in [4.69, 9.17) is 9.57 Å². The Bertz CT molecular complexity index is 713. The zero-order chi connectivity index (χ0) is 20.8. The first-order valence-electron chi connectivity index (χ1n) is 8.77. The van der Waals surface area contributed by atoms with Crippen molar-refractivity contribution in [2.24, 2.45) is 5.92 Å². The van der Waals surface area contributed by atoms with Crippen LogP contribution < -0.4 is 5.32 Å². The molecule has 1 aromatic carbocycles. The molecule has 0 bridgehead atoms. The lowest BCUT2D eigenvalue weighted by Gasteiger charge is -2.27. The van der Waals surface area contributed by atoms with Gasteiger partial charge in [-0.05, 0) is 44.7 Å². The second kappa shape index (κ2) is 10.1. The Balaban J connectivity index is 2.89. The summed E-state index contributed by atoms with van der Waals surface area (Å²) in [5, 5.41) is 12.7. The van der Waals surface area contributed by atoms with Crippen LogP contribution in [0.2, 0.25) is 0 Å². The van der Waals surface area contributed by atoms with Crippen LogP contribution in [-0.2, 0) is 24.4 Å². The van der Waals surface area contributed by atoms with Crippen LogP contribution in [-0.4, -0.2) is 48.8 Å². The number of rotatable bonds is 10. The summed E-state index contributed by atoms with van der Waals surface area (Å²) in [6.45, 7) is 10.7. The third-order valence-corrected chi connectivity index (χ3v) is 5.43. The van der Waals surface area contributed by atoms with E-state index in [9.17, 15) is 18.3 Å². The minimum Gasteiger partial charge on any atom is -0.368 e. The maximum absolute atomic E-state index is 12.6. The number of amides is 1. The lowest BCUT2D eigenvalue weighted by Crippen LogP contribution is -2.47. The zero-order valence-corrected chi connectivity index (χ0v) is 17.5. The SMILES string of the molecule is Cc1cccc(C)c1NC(=O)C(O)S(=O)(=O)N(OCOCC(C)C)C(C)C. The van der Waals surface area contributed by atoms with Crippen molar-refractivity contribution in [3.8, 4) is 0 Å². The number of carbonyl (C=O) groups excluding carboxylic acids is 1. The van der Waals surface area contributed by atoms with Crippen molar-refractivity contribution in [2.45, 2.75) is 53.0 Å². The average Bonchev–Trinajstić information content (AvgIpc) is 2.56. The Kier molecular flexibility index (Phi) is 8.83. The largest absolute Gasteiger partial charge is 0.368 e. The number of carbonyl (C=O) groups is 1. The number of nitrogens with zero attached hydrogens (tertiary/aromatic N) is 1. The number of hydroxylamine groups is 1. The maximum atomic E-state index is 12.6. The highest BCUT2D eigenvalue weighted by atomic mass is 32.2. The molecule has 0 heterocycles. The number of sulfonamides is 1. The van der Waals surface area contributed by atoms with Gasteiger partial charge in [0, 0.05) is 11.7 Å². The van der Waals surface area contributed by atoms with Crippen LogP contribution in [0.5, 0.6) is 0 Å². The van der Waals surface area contributed by atoms with Gasteiger partial charge >= 0.3 is 0 Å². The molecule has 0 saturated carbocycles. The maximum Gasteiger partial charge on any atom is 0.272 e.